The van der Waals surface area contributed by atoms with Gasteiger partial charge in [-0.05, 0) is 48.9 Å². The van der Waals surface area contributed by atoms with Gasteiger partial charge in [0.05, 0.1) is 19.8 Å². The van der Waals surface area contributed by atoms with Gasteiger partial charge in [0.25, 0.3) is 5.91 Å². The van der Waals surface area contributed by atoms with Crippen molar-refractivity contribution in [1.29, 1.82) is 0 Å². The molecule has 2 aliphatic rings. The third-order valence-corrected chi connectivity index (χ3v) is 5.63. The van der Waals surface area contributed by atoms with Crippen LogP contribution in [0.2, 0.25) is 0 Å². The number of hydrogen-bond acceptors (Lipinski definition) is 3. The fourth-order valence-corrected chi connectivity index (χ4v) is 3.87. The maximum absolute atomic E-state index is 13.2. The van der Waals surface area contributed by atoms with E-state index in [9.17, 15) is 4.79 Å². The third kappa shape index (κ3) is 3.21. The van der Waals surface area contributed by atoms with E-state index in [-0.39, 0.29) is 11.9 Å². The van der Waals surface area contributed by atoms with E-state index in [0.29, 0.717) is 13.2 Å². The molecule has 1 spiro atoms. The maximum Gasteiger partial charge on any atom is 0.255 e. The number of hydrogen-bond donors (Lipinski definition) is 0. The lowest BCUT2D eigenvalue weighted by Gasteiger charge is -2.50. The molecule has 1 heterocycles. The van der Waals surface area contributed by atoms with Crippen molar-refractivity contribution in [2.24, 2.45) is 0 Å². The summed E-state index contributed by atoms with van der Waals surface area (Å²) in [6.45, 7) is 1.22. The van der Waals surface area contributed by atoms with Gasteiger partial charge in [-0.1, -0.05) is 42.5 Å². The Labute approximate surface area is 154 Å². The molecule has 0 radical (unpaired) electrons. The Morgan fingerprint density at radius 3 is 2.42 bits per heavy atom. The van der Waals surface area contributed by atoms with Crippen molar-refractivity contribution in [2.75, 3.05) is 13.7 Å². The van der Waals surface area contributed by atoms with E-state index in [2.05, 4.69) is 12.1 Å². The van der Waals surface area contributed by atoms with Crippen molar-refractivity contribution in [3.63, 3.8) is 0 Å². The second-order valence-corrected chi connectivity index (χ2v) is 7.28. The Kier molecular flexibility index (Phi) is 4.68. The maximum atomic E-state index is 13.2. The first kappa shape index (κ1) is 17.1. The highest BCUT2D eigenvalue weighted by atomic mass is 16.5. The molecule has 1 aliphatic carbocycles. The van der Waals surface area contributed by atoms with Crippen LogP contribution in [0.15, 0.2) is 54.6 Å². The summed E-state index contributed by atoms with van der Waals surface area (Å²) in [7, 11) is 1.66. The smallest absolute Gasteiger partial charge is 0.255 e. The molecule has 2 aromatic carbocycles. The van der Waals surface area contributed by atoms with Crippen molar-refractivity contribution >= 4 is 5.91 Å². The molecule has 1 saturated carbocycles. The summed E-state index contributed by atoms with van der Waals surface area (Å²) in [6.07, 6.45) is 3.59. The predicted octanol–water partition coefficient (Wildman–Crippen LogP) is 3.59. The van der Waals surface area contributed by atoms with Gasteiger partial charge < -0.3 is 14.4 Å². The molecular formula is C22H25NO3. The van der Waals surface area contributed by atoms with Crippen LogP contribution in [0.3, 0.4) is 0 Å². The molecule has 26 heavy (non-hydrogen) atoms. The molecule has 0 aromatic heterocycles. The van der Waals surface area contributed by atoms with E-state index >= 15 is 0 Å². The van der Waals surface area contributed by atoms with E-state index < -0.39 is 5.60 Å². The summed E-state index contributed by atoms with van der Waals surface area (Å²) in [5.41, 5.74) is 1.80. The summed E-state index contributed by atoms with van der Waals surface area (Å²) in [4.78, 5) is 15.3. The van der Waals surface area contributed by atoms with Crippen LogP contribution < -0.4 is 4.74 Å². The molecule has 1 aliphatic heterocycles. The number of ether oxygens (including phenoxy) is 2. The Bertz CT molecular complexity index is 753. The van der Waals surface area contributed by atoms with Crippen LogP contribution in [0.25, 0.3) is 0 Å². The highest BCUT2D eigenvalue weighted by Gasteiger charge is 2.52. The lowest BCUT2D eigenvalue weighted by atomic mass is 9.77. The first-order valence-electron chi connectivity index (χ1n) is 9.32. The van der Waals surface area contributed by atoms with Crippen molar-refractivity contribution in [3.05, 3.63) is 65.7 Å². The van der Waals surface area contributed by atoms with Crippen molar-refractivity contribution < 1.29 is 14.3 Å². The largest absolute Gasteiger partial charge is 0.497 e. The van der Waals surface area contributed by atoms with Gasteiger partial charge in [-0.2, -0.15) is 0 Å². The Balaban J connectivity index is 1.56. The number of carbonyl (C=O) groups excluding carboxylic acids is 1. The molecule has 1 amide bonds. The van der Waals surface area contributed by atoms with Crippen molar-refractivity contribution in [2.45, 2.75) is 43.9 Å². The quantitative estimate of drug-likeness (QED) is 0.826. The summed E-state index contributed by atoms with van der Waals surface area (Å²) >= 11 is 0. The van der Waals surface area contributed by atoms with Gasteiger partial charge >= 0.3 is 0 Å². The average molecular weight is 351 g/mol. The molecule has 0 bridgehead atoms. The van der Waals surface area contributed by atoms with E-state index in [0.717, 1.165) is 37.0 Å². The zero-order valence-corrected chi connectivity index (χ0v) is 15.2. The summed E-state index contributed by atoms with van der Waals surface area (Å²) in [6, 6.07) is 18.4. The van der Waals surface area contributed by atoms with Crippen LogP contribution >= 0.6 is 0 Å². The minimum absolute atomic E-state index is 0.0678. The Hall–Kier alpha value is -2.33. The molecule has 2 fully saturated rings. The summed E-state index contributed by atoms with van der Waals surface area (Å²) in [5, 5.41) is 0. The van der Waals surface area contributed by atoms with E-state index in [1.165, 1.54) is 5.56 Å². The first-order valence-corrected chi connectivity index (χ1v) is 9.32. The fourth-order valence-electron chi connectivity index (χ4n) is 3.87. The summed E-state index contributed by atoms with van der Waals surface area (Å²) in [5.74, 6) is 0.991. The highest BCUT2D eigenvalue weighted by molar-refractivity contribution is 5.87. The second-order valence-electron chi connectivity index (χ2n) is 7.28. The van der Waals surface area contributed by atoms with Crippen LogP contribution in [0.1, 0.15) is 30.4 Å². The number of carbonyl (C=O) groups is 1. The van der Waals surface area contributed by atoms with Crippen LogP contribution in [-0.2, 0) is 22.5 Å². The molecule has 0 N–H and O–H groups in total. The average Bonchev–Trinajstić information content (AvgIpc) is 2.65. The molecule has 0 unspecified atom stereocenters. The molecule has 1 saturated heterocycles. The summed E-state index contributed by atoms with van der Waals surface area (Å²) < 4.78 is 11.3. The molecule has 4 rings (SSSR count). The second kappa shape index (κ2) is 7.12. The predicted molar refractivity (Wildman–Crippen MR) is 100 cm³/mol. The number of methoxy groups -OCH3 is 1. The molecule has 2 aromatic rings. The lowest BCUT2D eigenvalue weighted by molar-refractivity contribution is -0.196. The Morgan fingerprint density at radius 2 is 1.81 bits per heavy atom. The van der Waals surface area contributed by atoms with Crippen molar-refractivity contribution in [3.8, 4) is 5.75 Å². The zero-order valence-electron chi connectivity index (χ0n) is 15.2. The first-order chi connectivity index (χ1) is 12.7. The third-order valence-electron chi connectivity index (χ3n) is 5.63. The van der Waals surface area contributed by atoms with Crippen LogP contribution in [0, 0.1) is 0 Å². The topological polar surface area (TPSA) is 38.8 Å². The lowest BCUT2D eigenvalue weighted by Crippen LogP contribution is -2.63. The van der Waals surface area contributed by atoms with Gasteiger partial charge in [0.15, 0.2) is 0 Å². The molecular weight excluding hydrogens is 326 g/mol. The van der Waals surface area contributed by atoms with E-state index in [4.69, 9.17) is 9.47 Å². The molecule has 1 atom stereocenters. The fraction of sp³-hybridized carbons (Fsp3) is 0.409. The van der Waals surface area contributed by atoms with Gasteiger partial charge in [0, 0.05) is 6.54 Å². The molecule has 4 nitrogen and oxygen atoms in total. The number of morpholine rings is 1. The van der Waals surface area contributed by atoms with Crippen LogP contribution in [-0.4, -0.2) is 36.2 Å². The molecule has 4 heteroatoms. The number of nitrogens with zero attached hydrogens (tertiary/aromatic N) is 1. The van der Waals surface area contributed by atoms with Gasteiger partial charge in [-0.3, -0.25) is 4.79 Å². The minimum atomic E-state index is -0.556. The van der Waals surface area contributed by atoms with Gasteiger partial charge in [-0.15, -0.1) is 0 Å². The number of amides is 1. The van der Waals surface area contributed by atoms with Gasteiger partial charge in [-0.25, -0.2) is 0 Å². The number of rotatable bonds is 5. The minimum Gasteiger partial charge on any atom is -0.497 e. The Morgan fingerprint density at radius 1 is 1.08 bits per heavy atom. The zero-order chi connectivity index (χ0) is 18.0. The van der Waals surface area contributed by atoms with E-state index in [1.54, 1.807) is 7.11 Å². The van der Waals surface area contributed by atoms with Crippen molar-refractivity contribution in [1.82, 2.24) is 4.90 Å². The van der Waals surface area contributed by atoms with Crippen LogP contribution in [0.5, 0.6) is 5.75 Å². The SMILES string of the molecule is COc1ccc(CN2C(=O)C3(CCC3)OC[C@@H]2Cc2ccccc2)cc1. The monoisotopic (exact) mass is 351 g/mol. The van der Waals surface area contributed by atoms with Crippen LogP contribution in [0.4, 0.5) is 0 Å². The highest BCUT2D eigenvalue weighted by Crippen LogP contribution is 2.41. The van der Waals surface area contributed by atoms with Gasteiger partial charge in [0.1, 0.15) is 11.4 Å². The van der Waals surface area contributed by atoms with E-state index in [1.807, 2.05) is 47.4 Å². The number of benzene rings is 2. The normalized spacial score (nSPS) is 21.5. The molecule has 136 valence electrons. The standard InChI is InChI=1S/C22H25NO3/c1-25-20-10-8-18(9-11-20)15-23-19(14-17-6-3-2-4-7-17)16-26-22(21(23)24)12-5-13-22/h2-4,6-11,19H,5,12-16H2,1H3/t19-/m0/s1. The van der Waals surface area contributed by atoms with Gasteiger partial charge in [0.2, 0.25) is 0 Å².